The number of hydrogen-bond acceptors (Lipinski definition) is 21. The molecular formula is C37H33N7O17S2. The van der Waals surface area contributed by atoms with Crippen molar-refractivity contribution in [2.24, 2.45) is 0 Å². The lowest BCUT2D eigenvalue weighted by Crippen LogP contribution is -2.83. The molecule has 4 N–H and O–H groups in total. The van der Waals surface area contributed by atoms with E-state index in [0.29, 0.717) is 0 Å². The van der Waals surface area contributed by atoms with Gasteiger partial charge in [0.2, 0.25) is 16.9 Å². The van der Waals surface area contributed by atoms with E-state index in [1.54, 1.807) is 0 Å². The Morgan fingerprint density at radius 1 is 1.00 bits per heavy atom. The van der Waals surface area contributed by atoms with Crippen LogP contribution in [0.2, 0.25) is 0 Å². The molecule has 2 aromatic carbocycles. The number of benzene rings is 2. The lowest BCUT2D eigenvalue weighted by Gasteiger charge is -2.56. The zero-order chi connectivity index (χ0) is 45.7. The topological polar surface area (TPSA) is 316 Å². The SMILES string of the molecule is CCOC(=O)Oc1cc2occ(C(=O)NC(C(=O)N[C@]3(C(=S)OC)C(=O)N4C(C(=O)O)=C(c5nnnn5CC(=O)OC)CS[C@H]43)c3ccc(O)cc3)c(=O)c2cc1OC(=O)OCC. The number of nitrogens with one attached hydrogen (secondary N) is 2. The van der Waals surface area contributed by atoms with Crippen LogP contribution in [0.15, 0.2) is 57.6 Å². The second kappa shape index (κ2) is 18.6. The van der Waals surface area contributed by atoms with Gasteiger partial charge in [-0.2, -0.15) is 0 Å². The maximum atomic E-state index is 14.5. The molecule has 3 atom stereocenters. The maximum absolute atomic E-state index is 14.5. The Labute approximate surface area is 362 Å². The van der Waals surface area contributed by atoms with Crippen LogP contribution in [0.4, 0.5) is 9.59 Å². The van der Waals surface area contributed by atoms with Crippen LogP contribution in [-0.2, 0) is 44.7 Å². The molecular weight excluding hydrogens is 879 g/mol. The minimum absolute atomic E-state index is 0.0129. The van der Waals surface area contributed by atoms with E-state index in [4.69, 9.17) is 40.3 Å². The quantitative estimate of drug-likeness (QED) is 0.0457. The van der Waals surface area contributed by atoms with E-state index >= 15 is 0 Å². The molecule has 26 heteroatoms. The average Bonchev–Trinajstić information content (AvgIpc) is 3.72. The number of carbonyl (C=O) groups is 7. The molecule has 1 saturated heterocycles. The highest BCUT2D eigenvalue weighted by molar-refractivity contribution is 8.00. The van der Waals surface area contributed by atoms with Gasteiger partial charge in [-0.3, -0.25) is 28.9 Å². The van der Waals surface area contributed by atoms with Crippen molar-refractivity contribution in [3.63, 3.8) is 0 Å². The number of methoxy groups -OCH3 is 2. The number of aromatic nitrogens is 4. The Bertz CT molecular complexity index is 2650. The van der Waals surface area contributed by atoms with Crippen LogP contribution in [0.5, 0.6) is 17.2 Å². The summed E-state index contributed by atoms with van der Waals surface area (Å²) in [5.74, 6) is -7.23. The molecule has 6 rings (SSSR count). The van der Waals surface area contributed by atoms with Crippen molar-refractivity contribution in [1.29, 1.82) is 0 Å². The number of carbonyl (C=O) groups excluding carboxylic acids is 6. The van der Waals surface area contributed by atoms with E-state index in [-0.39, 0.29) is 52.6 Å². The van der Waals surface area contributed by atoms with Gasteiger partial charge >= 0.3 is 24.2 Å². The fourth-order valence-electron chi connectivity index (χ4n) is 6.33. The zero-order valence-corrected chi connectivity index (χ0v) is 34.7. The number of thiocarbonyl (C=S) groups is 1. The third-order valence-corrected chi connectivity index (χ3v) is 11.0. The Morgan fingerprint density at radius 2 is 1.65 bits per heavy atom. The minimum atomic E-state index is -2.24. The van der Waals surface area contributed by atoms with Gasteiger partial charge in [0.1, 0.15) is 46.8 Å². The van der Waals surface area contributed by atoms with Crippen molar-refractivity contribution in [3.8, 4) is 17.2 Å². The third kappa shape index (κ3) is 8.65. The Hall–Kier alpha value is -7.61. The van der Waals surface area contributed by atoms with Gasteiger partial charge in [0.05, 0.1) is 32.8 Å². The summed E-state index contributed by atoms with van der Waals surface area (Å²) < 4.78 is 36.3. The Kier molecular flexibility index (Phi) is 13.2. The van der Waals surface area contributed by atoms with E-state index in [1.165, 1.54) is 38.1 Å². The molecule has 3 amide bonds. The van der Waals surface area contributed by atoms with Gasteiger partial charge < -0.3 is 53.7 Å². The summed E-state index contributed by atoms with van der Waals surface area (Å²) >= 11 is 6.38. The molecule has 1 fully saturated rings. The van der Waals surface area contributed by atoms with Gasteiger partial charge in [0.25, 0.3) is 11.8 Å². The monoisotopic (exact) mass is 911 g/mol. The molecule has 2 aliphatic rings. The number of fused-ring (bicyclic) bond motifs is 2. The van der Waals surface area contributed by atoms with E-state index in [1.807, 2.05) is 0 Å². The third-order valence-electron chi connectivity index (χ3n) is 9.17. The zero-order valence-electron chi connectivity index (χ0n) is 33.1. The fourth-order valence-corrected chi connectivity index (χ4v) is 8.11. The van der Waals surface area contributed by atoms with Crippen molar-refractivity contribution >= 4 is 87.5 Å². The molecule has 0 radical (unpaired) electrons. The van der Waals surface area contributed by atoms with Gasteiger partial charge in [-0.1, -0.05) is 12.1 Å². The van der Waals surface area contributed by atoms with Crippen LogP contribution in [0.25, 0.3) is 16.5 Å². The summed E-state index contributed by atoms with van der Waals surface area (Å²) in [6.07, 6.45) is -1.67. The second-order valence-electron chi connectivity index (χ2n) is 12.8. The number of nitrogens with zero attached hydrogens (tertiary/aromatic N) is 5. The summed E-state index contributed by atoms with van der Waals surface area (Å²) in [5, 5.41) is 34.3. The van der Waals surface area contributed by atoms with Gasteiger partial charge in [0.15, 0.2) is 22.4 Å². The number of amides is 3. The highest BCUT2D eigenvalue weighted by Crippen LogP contribution is 2.49. The molecule has 2 aliphatic heterocycles. The predicted octanol–water partition coefficient (Wildman–Crippen LogP) is 1.44. The molecule has 4 heterocycles. The van der Waals surface area contributed by atoms with Gasteiger partial charge in [-0.05, 0) is 60.3 Å². The smallest absolute Gasteiger partial charge is 0.508 e. The summed E-state index contributed by atoms with van der Waals surface area (Å²) in [6.45, 7) is 2.35. The van der Waals surface area contributed by atoms with Gasteiger partial charge in [0, 0.05) is 17.4 Å². The first-order valence-corrected chi connectivity index (χ1v) is 19.6. The number of rotatable bonds is 14. The number of aromatic hydroxyl groups is 1. The molecule has 0 aliphatic carbocycles. The molecule has 1 unspecified atom stereocenters. The van der Waals surface area contributed by atoms with Crippen molar-refractivity contribution < 1.29 is 76.6 Å². The van der Waals surface area contributed by atoms with Crippen molar-refractivity contribution in [2.75, 3.05) is 33.2 Å². The van der Waals surface area contributed by atoms with Crippen LogP contribution in [0.1, 0.15) is 41.6 Å². The van der Waals surface area contributed by atoms with E-state index < -0.39 is 98.7 Å². The molecule has 0 saturated carbocycles. The van der Waals surface area contributed by atoms with Gasteiger partial charge in [-0.25, -0.2) is 19.1 Å². The molecule has 2 aromatic heterocycles. The summed E-state index contributed by atoms with van der Waals surface area (Å²) in [6, 6.07) is 5.10. The second-order valence-corrected chi connectivity index (χ2v) is 14.3. The summed E-state index contributed by atoms with van der Waals surface area (Å²) in [5.41, 5.74) is -4.82. The number of carboxylic acid groups (broad SMARTS) is 1. The standard InChI is InChI=1S/C37H33N7O17S2/c1-5-57-35(53)60-22-11-18-21(12-23(22)61-36(54)58-6-2)59-14-19(27(18)47)29(48)38-25(16-7-9-17(45)10-8-16)30(49)39-37(34(62)56-4)32(52)44-26(31(50)51)20(15-63-33(37)44)28-40-41-42-43(28)13-24(46)55-3/h7-12,14,25,33,45H,5-6,13,15H2,1-4H3,(H,38,48)(H,39,49)(H,50,51)/t25?,33-,37+/m0/s1. The molecule has 0 bridgehead atoms. The number of β-lactam (4-membered cyclic amide) rings is 1. The lowest BCUT2D eigenvalue weighted by molar-refractivity contribution is -0.155. The Morgan fingerprint density at radius 3 is 2.25 bits per heavy atom. The molecule has 63 heavy (non-hydrogen) atoms. The fraction of sp³-hybridized carbons (Fsp3) is 0.297. The predicted molar refractivity (Wildman–Crippen MR) is 214 cm³/mol. The maximum Gasteiger partial charge on any atom is 0.513 e. The van der Waals surface area contributed by atoms with Crippen LogP contribution in [0.3, 0.4) is 0 Å². The lowest BCUT2D eigenvalue weighted by atomic mass is 9.85. The van der Waals surface area contributed by atoms with Crippen molar-refractivity contribution in [3.05, 3.63) is 75.5 Å². The van der Waals surface area contributed by atoms with Gasteiger partial charge in [-0.15, -0.1) is 16.9 Å². The Balaban J connectivity index is 1.35. The average molecular weight is 912 g/mol. The highest BCUT2D eigenvalue weighted by Gasteiger charge is 2.69. The number of phenolic OH excluding ortho intramolecular Hbond substituents is 1. The van der Waals surface area contributed by atoms with Crippen LogP contribution < -0.4 is 25.5 Å². The number of aliphatic carboxylic acids is 1. The van der Waals surface area contributed by atoms with Crippen molar-refractivity contribution in [2.45, 2.75) is 37.3 Å². The summed E-state index contributed by atoms with van der Waals surface area (Å²) in [4.78, 5) is 107. The number of esters is 1. The number of carboxylic acids is 1. The van der Waals surface area contributed by atoms with Crippen LogP contribution in [0, 0.1) is 0 Å². The minimum Gasteiger partial charge on any atom is -0.508 e. The molecule has 24 nitrogen and oxygen atoms in total. The molecule has 0 spiro atoms. The number of hydrogen-bond donors (Lipinski definition) is 4. The van der Waals surface area contributed by atoms with Crippen molar-refractivity contribution in [1.82, 2.24) is 35.7 Å². The normalized spacial score (nSPS) is 17.0. The number of thioether (sulfide) groups is 1. The van der Waals surface area contributed by atoms with E-state index in [0.717, 1.165) is 54.0 Å². The molecule has 330 valence electrons. The summed E-state index contributed by atoms with van der Waals surface area (Å²) in [7, 11) is 2.25. The highest BCUT2D eigenvalue weighted by atomic mass is 32.2. The van der Waals surface area contributed by atoms with E-state index in [9.17, 15) is 48.6 Å². The first kappa shape index (κ1) is 44.9. The molecule has 4 aromatic rings. The van der Waals surface area contributed by atoms with Crippen LogP contribution >= 0.6 is 24.0 Å². The van der Waals surface area contributed by atoms with E-state index in [2.05, 4.69) is 30.9 Å². The first-order valence-electron chi connectivity index (χ1n) is 18.1. The van der Waals surface area contributed by atoms with Crippen LogP contribution in [-0.4, -0.2) is 126 Å². The number of tetrazole rings is 1. The number of phenols is 1. The number of ether oxygens (including phenoxy) is 6. The first-order chi connectivity index (χ1) is 30.1. The largest absolute Gasteiger partial charge is 0.513 e.